The number of hydrogen-bond acceptors (Lipinski definition) is 4. The number of carbonyl (C=O) groups excluding carboxylic acids is 2. The van der Waals surface area contributed by atoms with Crippen LogP contribution in [0.2, 0.25) is 0 Å². The molecule has 1 aromatic carbocycles. The summed E-state index contributed by atoms with van der Waals surface area (Å²) in [6, 6.07) is 5.21. The molecule has 1 aliphatic rings. The Balaban J connectivity index is 1.44. The highest BCUT2D eigenvalue weighted by atomic mass is 19.2. The number of rotatable bonds is 6. The fraction of sp³-hybridized carbons (Fsp3) is 0.400. The Hall–Kier alpha value is -2.90. The summed E-state index contributed by atoms with van der Waals surface area (Å²) in [5, 5.41) is 10.1. The van der Waals surface area contributed by atoms with Gasteiger partial charge in [-0.3, -0.25) is 9.59 Å². The Labute approximate surface area is 162 Å². The van der Waals surface area contributed by atoms with Crippen molar-refractivity contribution in [1.29, 1.82) is 0 Å². The van der Waals surface area contributed by atoms with E-state index in [0.29, 0.717) is 37.1 Å². The van der Waals surface area contributed by atoms with Gasteiger partial charge in [0.1, 0.15) is 0 Å². The molecule has 1 aliphatic heterocycles. The van der Waals surface area contributed by atoms with E-state index in [4.69, 9.17) is 0 Å². The summed E-state index contributed by atoms with van der Waals surface area (Å²) in [4.78, 5) is 26.4. The SMILES string of the molecule is O=C(CC[C@@H]1CCCN(C(=O)c2ccnnc2)C1)NCc1ccc(F)c(F)c1. The number of carbonyl (C=O) groups is 2. The van der Waals surface area contributed by atoms with E-state index >= 15 is 0 Å². The van der Waals surface area contributed by atoms with Crippen molar-refractivity contribution in [2.75, 3.05) is 13.1 Å². The molecule has 1 aromatic heterocycles. The first-order chi connectivity index (χ1) is 13.5. The second-order valence-corrected chi connectivity index (χ2v) is 6.95. The quantitative estimate of drug-likeness (QED) is 0.826. The molecule has 148 valence electrons. The molecule has 28 heavy (non-hydrogen) atoms. The van der Waals surface area contributed by atoms with Gasteiger partial charge in [0.25, 0.3) is 5.91 Å². The molecule has 3 rings (SSSR count). The van der Waals surface area contributed by atoms with Gasteiger partial charge < -0.3 is 10.2 Å². The maximum absolute atomic E-state index is 13.2. The zero-order valence-electron chi connectivity index (χ0n) is 15.4. The number of nitrogens with one attached hydrogen (secondary N) is 1. The van der Waals surface area contributed by atoms with Crippen LogP contribution in [0, 0.1) is 17.6 Å². The van der Waals surface area contributed by atoms with Gasteiger partial charge in [-0.2, -0.15) is 10.2 Å². The number of halogens is 2. The minimum Gasteiger partial charge on any atom is -0.352 e. The molecule has 0 bridgehead atoms. The third-order valence-electron chi connectivity index (χ3n) is 4.89. The van der Waals surface area contributed by atoms with Crippen molar-refractivity contribution in [2.24, 2.45) is 5.92 Å². The molecule has 8 heteroatoms. The molecule has 1 saturated heterocycles. The number of aromatic nitrogens is 2. The van der Waals surface area contributed by atoms with Gasteiger partial charge in [0, 0.05) is 26.1 Å². The van der Waals surface area contributed by atoms with Gasteiger partial charge in [0.2, 0.25) is 5.91 Å². The highest BCUT2D eigenvalue weighted by molar-refractivity contribution is 5.93. The molecular weight excluding hydrogens is 366 g/mol. The first-order valence-electron chi connectivity index (χ1n) is 9.29. The predicted octanol–water partition coefficient (Wildman–Crippen LogP) is 2.70. The number of piperidine rings is 1. The zero-order chi connectivity index (χ0) is 19.9. The van der Waals surface area contributed by atoms with Crippen LogP contribution in [0.25, 0.3) is 0 Å². The molecule has 2 aromatic rings. The lowest BCUT2D eigenvalue weighted by molar-refractivity contribution is -0.121. The lowest BCUT2D eigenvalue weighted by Gasteiger charge is -2.32. The minimum absolute atomic E-state index is 0.0672. The molecule has 1 fully saturated rings. The van der Waals surface area contributed by atoms with Crippen molar-refractivity contribution in [3.63, 3.8) is 0 Å². The number of amides is 2. The third-order valence-corrected chi connectivity index (χ3v) is 4.89. The average Bonchev–Trinajstić information content (AvgIpc) is 2.73. The lowest BCUT2D eigenvalue weighted by Crippen LogP contribution is -2.40. The smallest absolute Gasteiger partial charge is 0.255 e. The van der Waals surface area contributed by atoms with E-state index in [1.54, 1.807) is 11.0 Å². The van der Waals surface area contributed by atoms with Crippen molar-refractivity contribution >= 4 is 11.8 Å². The summed E-state index contributed by atoms with van der Waals surface area (Å²) in [7, 11) is 0. The van der Waals surface area contributed by atoms with E-state index in [9.17, 15) is 18.4 Å². The Bertz CT molecular complexity index is 832. The van der Waals surface area contributed by atoms with Crippen molar-refractivity contribution in [2.45, 2.75) is 32.2 Å². The highest BCUT2D eigenvalue weighted by Crippen LogP contribution is 2.22. The van der Waals surface area contributed by atoms with E-state index in [2.05, 4.69) is 15.5 Å². The summed E-state index contributed by atoms with van der Waals surface area (Å²) >= 11 is 0. The van der Waals surface area contributed by atoms with Gasteiger partial charge in [-0.05, 0) is 48.9 Å². The molecule has 0 unspecified atom stereocenters. The van der Waals surface area contributed by atoms with Gasteiger partial charge in [-0.1, -0.05) is 6.07 Å². The van der Waals surface area contributed by atoms with Gasteiger partial charge in [0.05, 0.1) is 18.0 Å². The van der Waals surface area contributed by atoms with Crippen LogP contribution in [0.4, 0.5) is 8.78 Å². The van der Waals surface area contributed by atoms with Crippen LogP contribution in [-0.2, 0) is 11.3 Å². The Morgan fingerprint density at radius 2 is 2.04 bits per heavy atom. The summed E-state index contributed by atoms with van der Waals surface area (Å²) < 4.78 is 26.1. The highest BCUT2D eigenvalue weighted by Gasteiger charge is 2.25. The van der Waals surface area contributed by atoms with Gasteiger partial charge in [0.15, 0.2) is 11.6 Å². The maximum Gasteiger partial charge on any atom is 0.255 e. The van der Waals surface area contributed by atoms with Crippen molar-refractivity contribution < 1.29 is 18.4 Å². The standard InChI is InChI=1S/C20H22F2N4O2/c21-17-5-3-15(10-18(17)22)11-23-19(27)6-4-14-2-1-9-26(13-14)20(28)16-7-8-24-25-12-16/h3,5,7-8,10,12,14H,1-2,4,6,9,11,13H2,(H,23,27)/t14-/m0/s1. The number of likely N-dealkylation sites (tertiary alicyclic amines) is 1. The van der Waals surface area contributed by atoms with Gasteiger partial charge >= 0.3 is 0 Å². The number of hydrogen-bond donors (Lipinski definition) is 1. The van der Waals surface area contributed by atoms with E-state index < -0.39 is 11.6 Å². The largest absolute Gasteiger partial charge is 0.352 e. The van der Waals surface area contributed by atoms with Gasteiger partial charge in [-0.15, -0.1) is 0 Å². The average molecular weight is 388 g/mol. The van der Waals surface area contributed by atoms with Crippen molar-refractivity contribution in [3.05, 3.63) is 59.4 Å². The molecule has 1 N–H and O–H groups in total. The molecule has 0 aliphatic carbocycles. The van der Waals surface area contributed by atoms with E-state index in [0.717, 1.165) is 25.0 Å². The van der Waals surface area contributed by atoms with Crippen LogP contribution >= 0.6 is 0 Å². The van der Waals surface area contributed by atoms with Crippen LogP contribution in [0.1, 0.15) is 41.6 Å². The predicted molar refractivity (Wildman–Crippen MR) is 98.1 cm³/mol. The fourth-order valence-corrected chi connectivity index (χ4v) is 3.36. The monoisotopic (exact) mass is 388 g/mol. The lowest BCUT2D eigenvalue weighted by atomic mass is 9.93. The Morgan fingerprint density at radius 3 is 2.79 bits per heavy atom. The summed E-state index contributed by atoms with van der Waals surface area (Å²) in [6.07, 6.45) is 5.80. The maximum atomic E-state index is 13.2. The topological polar surface area (TPSA) is 75.2 Å². The molecule has 2 heterocycles. The molecule has 2 amide bonds. The molecule has 6 nitrogen and oxygen atoms in total. The zero-order valence-corrected chi connectivity index (χ0v) is 15.4. The summed E-state index contributed by atoms with van der Waals surface area (Å²) in [5.74, 6) is -1.80. The van der Waals surface area contributed by atoms with E-state index in [1.165, 1.54) is 18.5 Å². The van der Waals surface area contributed by atoms with Crippen LogP contribution in [0.5, 0.6) is 0 Å². The third kappa shape index (κ3) is 5.31. The molecule has 1 atom stereocenters. The van der Waals surface area contributed by atoms with Crippen molar-refractivity contribution in [3.8, 4) is 0 Å². The second-order valence-electron chi connectivity index (χ2n) is 6.95. The number of nitrogens with zero attached hydrogens (tertiary/aromatic N) is 3. The normalized spacial score (nSPS) is 16.6. The van der Waals surface area contributed by atoms with E-state index in [1.807, 2.05) is 0 Å². The van der Waals surface area contributed by atoms with Crippen LogP contribution in [-0.4, -0.2) is 40.0 Å². The van der Waals surface area contributed by atoms with Crippen LogP contribution < -0.4 is 5.32 Å². The van der Waals surface area contributed by atoms with Crippen LogP contribution in [0.3, 0.4) is 0 Å². The van der Waals surface area contributed by atoms with Gasteiger partial charge in [-0.25, -0.2) is 8.78 Å². The summed E-state index contributed by atoms with van der Waals surface area (Å²) in [5.41, 5.74) is 1.02. The molecular formula is C20H22F2N4O2. The minimum atomic E-state index is -0.928. The Kier molecular flexibility index (Phi) is 6.62. The first-order valence-corrected chi connectivity index (χ1v) is 9.29. The second kappa shape index (κ2) is 9.34. The molecule has 0 spiro atoms. The fourth-order valence-electron chi connectivity index (χ4n) is 3.36. The molecule has 0 radical (unpaired) electrons. The van der Waals surface area contributed by atoms with E-state index in [-0.39, 0.29) is 24.3 Å². The number of benzene rings is 1. The van der Waals surface area contributed by atoms with Crippen LogP contribution in [0.15, 0.2) is 36.7 Å². The molecule has 0 saturated carbocycles. The first kappa shape index (κ1) is 19.9. The Morgan fingerprint density at radius 1 is 1.18 bits per heavy atom. The van der Waals surface area contributed by atoms with Crippen molar-refractivity contribution in [1.82, 2.24) is 20.4 Å². The summed E-state index contributed by atoms with van der Waals surface area (Å²) in [6.45, 7) is 1.46.